The predicted octanol–water partition coefficient (Wildman–Crippen LogP) is 5.80. The van der Waals surface area contributed by atoms with E-state index in [4.69, 9.17) is 0 Å². The van der Waals surface area contributed by atoms with Crippen LogP contribution in [0.5, 0.6) is 5.75 Å². The second-order valence-corrected chi connectivity index (χ2v) is 6.11. The molecule has 0 bridgehead atoms. The molecule has 0 radical (unpaired) electrons. The van der Waals surface area contributed by atoms with Crippen LogP contribution in [0.2, 0.25) is 0 Å². The van der Waals surface area contributed by atoms with Gasteiger partial charge < -0.3 is 9.30 Å². The monoisotopic (exact) mass is 381 g/mol. The number of benzene rings is 1. The fourth-order valence-corrected chi connectivity index (χ4v) is 2.94. The van der Waals surface area contributed by atoms with Gasteiger partial charge in [0.25, 0.3) is 0 Å². The first-order valence-corrected chi connectivity index (χ1v) is 9.50. The summed E-state index contributed by atoms with van der Waals surface area (Å²) in [5.74, 6) is -1.25. The highest BCUT2D eigenvalue weighted by Gasteiger charge is 2.12. The summed E-state index contributed by atoms with van der Waals surface area (Å²) in [6, 6.07) is 6.08. The van der Waals surface area contributed by atoms with Gasteiger partial charge in [-0.25, -0.2) is 4.39 Å². The van der Waals surface area contributed by atoms with Crippen LogP contribution in [0.1, 0.15) is 60.8 Å². The van der Waals surface area contributed by atoms with Gasteiger partial charge in [0, 0.05) is 18.0 Å². The van der Waals surface area contributed by atoms with Crippen LogP contribution in [0.4, 0.5) is 13.2 Å². The van der Waals surface area contributed by atoms with Crippen LogP contribution < -0.4 is 15.3 Å². The van der Waals surface area contributed by atoms with E-state index in [0.717, 1.165) is 29.8 Å². The summed E-state index contributed by atoms with van der Waals surface area (Å²) in [5.41, 5.74) is 3.04. The van der Waals surface area contributed by atoms with Crippen LogP contribution in [-0.4, -0.2) is 11.2 Å². The van der Waals surface area contributed by atoms with Crippen molar-refractivity contribution < 1.29 is 17.9 Å². The molecule has 27 heavy (non-hydrogen) atoms. The van der Waals surface area contributed by atoms with Gasteiger partial charge in [0.2, 0.25) is 0 Å². The Balaban J connectivity index is 0.00000176. The molecule has 1 heterocycles. The largest absolute Gasteiger partial charge is 0.432 e. The summed E-state index contributed by atoms with van der Waals surface area (Å²) >= 11 is 0. The lowest BCUT2D eigenvalue weighted by Gasteiger charge is -2.10. The molecular weight excluding hydrogens is 351 g/mol. The second-order valence-electron chi connectivity index (χ2n) is 6.11. The quantitative estimate of drug-likeness (QED) is 0.617. The minimum absolute atomic E-state index is 0.447. The Morgan fingerprint density at radius 3 is 2.26 bits per heavy atom. The molecule has 1 aromatic carbocycles. The summed E-state index contributed by atoms with van der Waals surface area (Å²) < 4.78 is 44.8. The maximum Gasteiger partial charge on any atom is 0.387 e. The fourth-order valence-electron chi connectivity index (χ4n) is 2.94. The smallest absolute Gasteiger partial charge is 0.387 e. The lowest BCUT2D eigenvalue weighted by Crippen LogP contribution is -2.31. The van der Waals surface area contributed by atoms with Crippen LogP contribution in [0.3, 0.4) is 0 Å². The molecule has 0 saturated carbocycles. The summed E-state index contributed by atoms with van der Waals surface area (Å²) in [4.78, 5) is 0. The second kappa shape index (κ2) is 10.9. The molecule has 0 aliphatic heterocycles. The molecule has 0 atom stereocenters. The highest BCUT2D eigenvalue weighted by molar-refractivity contribution is 5.50. The van der Waals surface area contributed by atoms with Crippen molar-refractivity contribution in [1.82, 2.24) is 4.57 Å². The lowest BCUT2D eigenvalue weighted by molar-refractivity contribution is -0.0521. The van der Waals surface area contributed by atoms with Crippen LogP contribution >= 0.6 is 0 Å². The van der Waals surface area contributed by atoms with Crippen LogP contribution in [0, 0.1) is 5.82 Å². The van der Waals surface area contributed by atoms with Crippen molar-refractivity contribution in [2.75, 3.05) is 0 Å². The van der Waals surface area contributed by atoms with Gasteiger partial charge in [-0.05, 0) is 55.7 Å². The third kappa shape index (κ3) is 5.65. The highest BCUT2D eigenvalue weighted by Crippen LogP contribution is 2.21. The van der Waals surface area contributed by atoms with Gasteiger partial charge >= 0.3 is 6.61 Å². The zero-order chi connectivity index (χ0) is 20.6. The van der Waals surface area contributed by atoms with Gasteiger partial charge in [0.1, 0.15) is 0 Å². The highest BCUT2D eigenvalue weighted by atomic mass is 19.3. The standard InChI is InChI=1S/C20H24F3NO.C2H6/c1-5-7-14(4)16-10-11-24(19(16)13(3)6-2)15-8-9-18(17(21)12-15)25-20(22)23;1-2/h8-12,20H,5-7H2,1-4H3;1-2H3/b16-14-,19-13-;. The van der Waals surface area contributed by atoms with E-state index in [1.54, 1.807) is 6.07 Å². The number of hydrogen-bond acceptors (Lipinski definition) is 1. The van der Waals surface area contributed by atoms with Gasteiger partial charge in [-0.1, -0.05) is 39.7 Å². The van der Waals surface area contributed by atoms with Crippen molar-refractivity contribution in [1.29, 1.82) is 0 Å². The zero-order valence-electron chi connectivity index (χ0n) is 17.1. The summed E-state index contributed by atoms with van der Waals surface area (Å²) in [7, 11) is 0. The first kappa shape index (κ1) is 22.9. The number of aromatic nitrogens is 1. The molecule has 2 nitrogen and oxygen atoms in total. The van der Waals surface area contributed by atoms with Gasteiger partial charge in [-0.3, -0.25) is 0 Å². The molecule has 0 saturated heterocycles. The summed E-state index contributed by atoms with van der Waals surface area (Å²) in [5, 5.41) is 2.19. The van der Waals surface area contributed by atoms with Crippen LogP contribution in [0.25, 0.3) is 16.8 Å². The average Bonchev–Trinajstić information content (AvgIpc) is 3.09. The van der Waals surface area contributed by atoms with E-state index in [1.165, 1.54) is 23.3 Å². The third-order valence-electron chi connectivity index (χ3n) is 4.32. The minimum atomic E-state index is -3.05. The van der Waals surface area contributed by atoms with Gasteiger partial charge in [0.05, 0.1) is 5.35 Å². The Labute approximate surface area is 160 Å². The van der Waals surface area contributed by atoms with Gasteiger partial charge in [-0.2, -0.15) is 8.78 Å². The predicted molar refractivity (Wildman–Crippen MR) is 106 cm³/mol. The molecule has 0 fully saturated rings. The van der Waals surface area contributed by atoms with E-state index in [2.05, 4.69) is 32.4 Å². The molecule has 0 spiro atoms. The number of ether oxygens (including phenoxy) is 1. The molecule has 2 aromatic rings. The van der Waals surface area contributed by atoms with E-state index >= 15 is 0 Å². The average molecular weight is 381 g/mol. The van der Waals surface area contributed by atoms with E-state index in [0.29, 0.717) is 5.69 Å². The van der Waals surface area contributed by atoms with Crippen molar-refractivity contribution in [3.05, 3.63) is 46.8 Å². The van der Waals surface area contributed by atoms with E-state index in [9.17, 15) is 13.2 Å². The maximum atomic E-state index is 14.1. The first-order valence-electron chi connectivity index (χ1n) is 9.50. The van der Waals surface area contributed by atoms with Crippen molar-refractivity contribution in [2.45, 2.75) is 67.4 Å². The Morgan fingerprint density at radius 1 is 1.07 bits per heavy atom. The number of nitrogens with zero attached hydrogens (tertiary/aromatic N) is 1. The molecule has 0 N–H and O–H groups in total. The number of rotatable bonds is 6. The molecule has 1 aromatic heterocycles. The number of halogens is 3. The Kier molecular flexibility index (Phi) is 9.19. The molecule has 5 heteroatoms. The molecular formula is C22H30F3NO. The lowest BCUT2D eigenvalue weighted by atomic mass is 10.1. The van der Waals surface area contributed by atoms with Crippen molar-refractivity contribution >= 4 is 11.1 Å². The SMILES string of the molecule is CC.CCC/C(C)=c1/ccn(-c2ccc(OC(F)F)c(F)c2)/c1=C(/C)CC. The maximum absolute atomic E-state index is 14.1. The summed E-state index contributed by atoms with van der Waals surface area (Å²) in [6.07, 6.45) is 4.80. The Morgan fingerprint density at radius 2 is 1.74 bits per heavy atom. The van der Waals surface area contributed by atoms with Gasteiger partial charge in [-0.15, -0.1) is 0 Å². The number of hydrogen-bond donors (Lipinski definition) is 0. The Bertz CT molecular complexity index is 853. The molecule has 150 valence electrons. The minimum Gasteiger partial charge on any atom is -0.432 e. The third-order valence-corrected chi connectivity index (χ3v) is 4.32. The zero-order valence-corrected chi connectivity index (χ0v) is 17.1. The molecule has 0 aliphatic rings. The normalized spacial score (nSPS) is 13.1. The molecule has 0 unspecified atom stereocenters. The van der Waals surface area contributed by atoms with Crippen LogP contribution in [-0.2, 0) is 0 Å². The van der Waals surface area contributed by atoms with E-state index in [1.807, 2.05) is 30.7 Å². The molecule has 0 amide bonds. The van der Waals surface area contributed by atoms with Crippen molar-refractivity contribution in [3.8, 4) is 11.4 Å². The van der Waals surface area contributed by atoms with Crippen molar-refractivity contribution in [3.63, 3.8) is 0 Å². The van der Waals surface area contributed by atoms with E-state index in [-0.39, 0.29) is 0 Å². The van der Waals surface area contributed by atoms with Crippen molar-refractivity contribution in [2.24, 2.45) is 0 Å². The van der Waals surface area contributed by atoms with Gasteiger partial charge in [0.15, 0.2) is 11.6 Å². The Hall–Kier alpha value is -2.17. The molecule has 0 aliphatic carbocycles. The first-order chi connectivity index (χ1) is 12.9. The van der Waals surface area contributed by atoms with E-state index < -0.39 is 18.2 Å². The topological polar surface area (TPSA) is 14.2 Å². The van der Waals surface area contributed by atoms with Crippen LogP contribution in [0.15, 0.2) is 30.5 Å². The fraction of sp³-hybridized carbons (Fsp3) is 0.455. The number of alkyl halides is 2. The molecule has 2 rings (SSSR count). The summed E-state index contributed by atoms with van der Waals surface area (Å²) in [6.45, 7) is 9.32.